The van der Waals surface area contributed by atoms with Gasteiger partial charge in [-0.05, 0) is 43.0 Å². The number of rotatable bonds is 2. The van der Waals surface area contributed by atoms with E-state index in [1.54, 1.807) is 13.0 Å². The second kappa shape index (κ2) is 3.31. The lowest BCUT2D eigenvalue weighted by Crippen LogP contribution is -2.20. The highest BCUT2D eigenvalue weighted by molar-refractivity contribution is 9.10. The van der Waals surface area contributed by atoms with E-state index in [9.17, 15) is 4.39 Å². The fourth-order valence-electron chi connectivity index (χ4n) is 1.71. The van der Waals surface area contributed by atoms with Gasteiger partial charge >= 0.3 is 0 Å². The van der Waals surface area contributed by atoms with Crippen LogP contribution in [-0.4, -0.2) is 6.54 Å². The molecule has 0 unspecified atom stereocenters. The van der Waals surface area contributed by atoms with E-state index in [0.717, 1.165) is 22.9 Å². The maximum Gasteiger partial charge on any atom is 0.127 e. The molecule has 0 saturated heterocycles. The minimum absolute atomic E-state index is 0.0665. The molecular formula is C11H13BrFN. The van der Waals surface area contributed by atoms with Crippen molar-refractivity contribution in [3.63, 3.8) is 0 Å². The zero-order chi connectivity index (χ0) is 10.3. The smallest absolute Gasteiger partial charge is 0.127 e. The molecule has 1 aliphatic carbocycles. The summed E-state index contributed by atoms with van der Waals surface area (Å²) in [6, 6.07) is 3.62. The molecular weight excluding hydrogens is 245 g/mol. The topological polar surface area (TPSA) is 26.0 Å². The maximum absolute atomic E-state index is 13.5. The Bertz CT molecular complexity index is 349. The number of benzene rings is 1. The van der Waals surface area contributed by atoms with Crippen molar-refractivity contribution in [1.29, 1.82) is 0 Å². The summed E-state index contributed by atoms with van der Waals surface area (Å²) >= 11 is 3.37. The van der Waals surface area contributed by atoms with Crippen molar-refractivity contribution in [2.45, 2.75) is 25.2 Å². The third kappa shape index (κ3) is 1.48. The Morgan fingerprint density at radius 1 is 1.50 bits per heavy atom. The lowest BCUT2D eigenvalue weighted by Gasteiger charge is -2.14. The zero-order valence-corrected chi connectivity index (χ0v) is 9.70. The molecule has 1 fully saturated rings. The van der Waals surface area contributed by atoms with Gasteiger partial charge in [0.25, 0.3) is 0 Å². The molecule has 0 aromatic heterocycles. The van der Waals surface area contributed by atoms with Crippen LogP contribution in [0.2, 0.25) is 0 Å². The van der Waals surface area contributed by atoms with Gasteiger partial charge in [-0.2, -0.15) is 0 Å². The van der Waals surface area contributed by atoms with Crippen LogP contribution in [0.15, 0.2) is 16.6 Å². The number of hydrogen-bond acceptors (Lipinski definition) is 1. The number of nitrogens with two attached hydrogens (primary N) is 1. The highest BCUT2D eigenvalue weighted by atomic mass is 79.9. The zero-order valence-electron chi connectivity index (χ0n) is 8.11. The Labute approximate surface area is 91.6 Å². The first kappa shape index (κ1) is 10.1. The van der Waals surface area contributed by atoms with Crippen LogP contribution in [0.1, 0.15) is 24.0 Å². The average Bonchev–Trinajstić information content (AvgIpc) is 2.94. The Morgan fingerprint density at radius 3 is 2.57 bits per heavy atom. The predicted octanol–water partition coefficient (Wildman–Crippen LogP) is 2.89. The van der Waals surface area contributed by atoms with E-state index < -0.39 is 0 Å². The molecule has 14 heavy (non-hydrogen) atoms. The molecule has 0 aliphatic heterocycles. The first-order valence-corrected chi connectivity index (χ1v) is 5.54. The van der Waals surface area contributed by atoms with Crippen LogP contribution >= 0.6 is 15.9 Å². The van der Waals surface area contributed by atoms with Gasteiger partial charge in [-0.1, -0.05) is 15.9 Å². The molecule has 0 amide bonds. The summed E-state index contributed by atoms with van der Waals surface area (Å²) in [5, 5.41) is 0. The van der Waals surface area contributed by atoms with E-state index >= 15 is 0 Å². The normalized spacial score (nSPS) is 18.3. The highest BCUT2D eigenvalue weighted by Gasteiger charge is 2.43. The summed E-state index contributed by atoms with van der Waals surface area (Å²) in [6.07, 6.45) is 2.16. The summed E-state index contributed by atoms with van der Waals surface area (Å²) in [6.45, 7) is 2.38. The van der Waals surface area contributed by atoms with Gasteiger partial charge in [0, 0.05) is 16.4 Å². The van der Waals surface area contributed by atoms with Crippen LogP contribution in [0.3, 0.4) is 0 Å². The Balaban J connectivity index is 2.46. The standard InChI is InChI=1S/C11H13BrFN/c1-7-9(12)4-8(5-10(7)13)11(6-14)2-3-11/h4-5H,2-3,6,14H2,1H3. The van der Waals surface area contributed by atoms with E-state index in [4.69, 9.17) is 5.73 Å². The molecule has 1 nitrogen and oxygen atoms in total. The second-order valence-electron chi connectivity index (χ2n) is 4.05. The summed E-state index contributed by atoms with van der Waals surface area (Å²) < 4.78 is 14.3. The van der Waals surface area contributed by atoms with E-state index in [0.29, 0.717) is 12.1 Å². The van der Waals surface area contributed by atoms with E-state index in [1.807, 2.05) is 6.07 Å². The number of hydrogen-bond donors (Lipinski definition) is 1. The fraction of sp³-hybridized carbons (Fsp3) is 0.455. The van der Waals surface area contributed by atoms with E-state index in [-0.39, 0.29) is 11.2 Å². The van der Waals surface area contributed by atoms with Crippen molar-refractivity contribution in [1.82, 2.24) is 0 Å². The average molecular weight is 258 g/mol. The van der Waals surface area contributed by atoms with Crippen molar-refractivity contribution in [3.05, 3.63) is 33.5 Å². The SMILES string of the molecule is Cc1c(F)cc(C2(CN)CC2)cc1Br. The van der Waals surface area contributed by atoms with Crippen LogP contribution in [0, 0.1) is 12.7 Å². The van der Waals surface area contributed by atoms with Crippen molar-refractivity contribution in [2.75, 3.05) is 6.54 Å². The molecule has 1 aliphatic rings. The van der Waals surface area contributed by atoms with E-state index in [1.165, 1.54) is 0 Å². The highest BCUT2D eigenvalue weighted by Crippen LogP contribution is 2.48. The molecule has 1 aromatic carbocycles. The van der Waals surface area contributed by atoms with Gasteiger partial charge < -0.3 is 5.73 Å². The monoisotopic (exact) mass is 257 g/mol. The second-order valence-corrected chi connectivity index (χ2v) is 4.90. The molecule has 2 rings (SSSR count). The molecule has 0 radical (unpaired) electrons. The Kier molecular flexibility index (Phi) is 2.40. The summed E-state index contributed by atoms with van der Waals surface area (Å²) in [5.74, 6) is -0.144. The first-order chi connectivity index (χ1) is 6.59. The van der Waals surface area contributed by atoms with Crippen molar-refractivity contribution in [3.8, 4) is 0 Å². The molecule has 0 heterocycles. The van der Waals surface area contributed by atoms with Crippen LogP contribution in [0.25, 0.3) is 0 Å². The quantitative estimate of drug-likeness (QED) is 0.867. The van der Waals surface area contributed by atoms with Crippen molar-refractivity contribution >= 4 is 15.9 Å². The van der Waals surface area contributed by atoms with Crippen molar-refractivity contribution < 1.29 is 4.39 Å². The van der Waals surface area contributed by atoms with Gasteiger partial charge in [-0.3, -0.25) is 0 Å². The molecule has 1 saturated carbocycles. The minimum Gasteiger partial charge on any atom is -0.330 e. The minimum atomic E-state index is -0.144. The third-order valence-corrected chi connectivity index (χ3v) is 3.96. The lowest BCUT2D eigenvalue weighted by atomic mass is 9.95. The van der Waals surface area contributed by atoms with Crippen LogP contribution < -0.4 is 5.73 Å². The molecule has 0 spiro atoms. The van der Waals surface area contributed by atoms with Gasteiger partial charge in [0.1, 0.15) is 5.82 Å². The molecule has 1 aromatic rings. The largest absolute Gasteiger partial charge is 0.330 e. The first-order valence-electron chi connectivity index (χ1n) is 4.75. The Morgan fingerprint density at radius 2 is 2.14 bits per heavy atom. The van der Waals surface area contributed by atoms with Crippen LogP contribution in [0.4, 0.5) is 4.39 Å². The molecule has 76 valence electrons. The molecule has 3 heteroatoms. The van der Waals surface area contributed by atoms with Gasteiger partial charge in [-0.15, -0.1) is 0 Å². The Hall–Kier alpha value is -0.410. The fourth-order valence-corrected chi connectivity index (χ4v) is 2.15. The van der Waals surface area contributed by atoms with Gasteiger partial charge in [0.2, 0.25) is 0 Å². The maximum atomic E-state index is 13.5. The van der Waals surface area contributed by atoms with Crippen molar-refractivity contribution in [2.24, 2.45) is 5.73 Å². The third-order valence-electron chi connectivity index (χ3n) is 3.14. The van der Waals surface area contributed by atoms with Gasteiger partial charge in [-0.25, -0.2) is 4.39 Å². The molecule has 2 N–H and O–H groups in total. The summed E-state index contributed by atoms with van der Waals surface area (Å²) in [7, 11) is 0. The summed E-state index contributed by atoms with van der Waals surface area (Å²) in [5.41, 5.74) is 7.47. The predicted molar refractivity (Wildman–Crippen MR) is 58.8 cm³/mol. The van der Waals surface area contributed by atoms with Gasteiger partial charge in [0.05, 0.1) is 0 Å². The summed E-state index contributed by atoms with van der Waals surface area (Å²) in [4.78, 5) is 0. The molecule has 0 bridgehead atoms. The van der Waals surface area contributed by atoms with Crippen LogP contribution in [-0.2, 0) is 5.41 Å². The van der Waals surface area contributed by atoms with E-state index in [2.05, 4.69) is 15.9 Å². The molecule has 0 atom stereocenters. The number of halogens is 2. The lowest BCUT2D eigenvalue weighted by molar-refractivity contribution is 0.606. The van der Waals surface area contributed by atoms with Gasteiger partial charge in [0.15, 0.2) is 0 Å². The van der Waals surface area contributed by atoms with Crippen LogP contribution in [0.5, 0.6) is 0 Å².